The van der Waals surface area contributed by atoms with Gasteiger partial charge in [0.25, 0.3) is 5.69 Å². The summed E-state index contributed by atoms with van der Waals surface area (Å²) in [6.45, 7) is 0. The number of anilines is 1. The van der Waals surface area contributed by atoms with Crippen LogP contribution in [-0.4, -0.2) is 4.92 Å². The van der Waals surface area contributed by atoms with E-state index in [1.807, 2.05) is 60.7 Å². The van der Waals surface area contributed by atoms with Crippen LogP contribution in [0.3, 0.4) is 0 Å². The van der Waals surface area contributed by atoms with Gasteiger partial charge < -0.3 is 5.73 Å². The highest BCUT2D eigenvalue weighted by molar-refractivity contribution is 5.91. The molecule has 0 aromatic heterocycles. The Kier molecular flexibility index (Phi) is 4.38. The molecule has 2 N–H and O–H groups in total. The SMILES string of the molecule is Nc1ccc(C(=Cc2ccc([N+](=O)[O-])cc2)c2ccccc2)cc1. The minimum Gasteiger partial charge on any atom is -0.399 e. The van der Waals surface area contributed by atoms with E-state index in [-0.39, 0.29) is 5.69 Å². The van der Waals surface area contributed by atoms with E-state index < -0.39 is 4.92 Å². The summed E-state index contributed by atoms with van der Waals surface area (Å²) in [5.74, 6) is 0. The van der Waals surface area contributed by atoms with Crippen molar-refractivity contribution >= 4 is 23.0 Å². The first-order valence-electron chi connectivity index (χ1n) is 7.51. The van der Waals surface area contributed by atoms with Gasteiger partial charge >= 0.3 is 0 Å². The second kappa shape index (κ2) is 6.79. The van der Waals surface area contributed by atoms with Crippen LogP contribution in [0.25, 0.3) is 11.6 Å². The topological polar surface area (TPSA) is 69.2 Å². The summed E-state index contributed by atoms with van der Waals surface area (Å²) in [5, 5.41) is 10.8. The Bertz CT molecular complexity index is 868. The molecule has 4 heteroatoms. The molecule has 0 radical (unpaired) electrons. The highest BCUT2D eigenvalue weighted by atomic mass is 16.6. The number of rotatable bonds is 4. The molecule has 0 fully saturated rings. The lowest BCUT2D eigenvalue weighted by molar-refractivity contribution is -0.384. The van der Waals surface area contributed by atoms with Crippen molar-refractivity contribution in [2.75, 3.05) is 5.73 Å². The highest BCUT2D eigenvalue weighted by Gasteiger charge is 2.07. The second-order valence-electron chi connectivity index (χ2n) is 5.39. The molecule has 4 nitrogen and oxygen atoms in total. The first-order chi connectivity index (χ1) is 11.6. The van der Waals surface area contributed by atoms with E-state index in [2.05, 4.69) is 0 Å². The maximum atomic E-state index is 10.8. The lowest BCUT2D eigenvalue weighted by atomic mass is 9.95. The van der Waals surface area contributed by atoms with Crippen LogP contribution in [-0.2, 0) is 0 Å². The van der Waals surface area contributed by atoms with Crippen molar-refractivity contribution in [1.82, 2.24) is 0 Å². The summed E-state index contributed by atoms with van der Waals surface area (Å²) < 4.78 is 0. The van der Waals surface area contributed by atoms with E-state index in [1.54, 1.807) is 12.1 Å². The van der Waals surface area contributed by atoms with Gasteiger partial charge in [-0.05, 0) is 52.6 Å². The third-order valence-corrected chi connectivity index (χ3v) is 3.72. The van der Waals surface area contributed by atoms with Crippen LogP contribution in [0.5, 0.6) is 0 Å². The molecule has 0 unspecified atom stereocenters. The van der Waals surface area contributed by atoms with Crippen molar-refractivity contribution < 1.29 is 4.92 Å². The van der Waals surface area contributed by atoms with Crippen molar-refractivity contribution in [3.8, 4) is 0 Å². The second-order valence-corrected chi connectivity index (χ2v) is 5.39. The monoisotopic (exact) mass is 316 g/mol. The predicted molar refractivity (Wildman–Crippen MR) is 97.4 cm³/mol. The molecule has 0 saturated heterocycles. The van der Waals surface area contributed by atoms with Gasteiger partial charge in [0.05, 0.1) is 4.92 Å². The molecule has 0 heterocycles. The van der Waals surface area contributed by atoms with Gasteiger partial charge in [0.2, 0.25) is 0 Å². The number of hydrogen-bond donors (Lipinski definition) is 1. The molecule has 0 aliphatic rings. The van der Waals surface area contributed by atoms with Crippen LogP contribution in [0.2, 0.25) is 0 Å². The molecule has 0 spiro atoms. The fraction of sp³-hybridized carbons (Fsp3) is 0. The van der Waals surface area contributed by atoms with Crippen LogP contribution >= 0.6 is 0 Å². The molecule has 0 aliphatic carbocycles. The summed E-state index contributed by atoms with van der Waals surface area (Å²) in [4.78, 5) is 10.4. The van der Waals surface area contributed by atoms with Crippen LogP contribution in [0, 0.1) is 10.1 Å². The van der Waals surface area contributed by atoms with Crippen LogP contribution in [0.4, 0.5) is 11.4 Å². The number of nitrogen functional groups attached to an aromatic ring is 1. The Balaban J connectivity index is 2.07. The number of non-ortho nitro benzene ring substituents is 1. The van der Waals surface area contributed by atoms with Crippen molar-refractivity contribution in [2.24, 2.45) is 0 Å². The molecule has 3 aromatic carbocycles. The quantitative estimate of drug-likeness (QED) is 0.326. The summed E-state index contributed by atoms with van der Waals surface area (Å²) >= 11 is 0. The summed E-state index contributed by atoms with van der Waals surface area (Å²) in [5.41, 5.74) is 10.6. The van der Waals surface area contributed by atoms with Crippen molar-refractivity contribution in [2.45, 2.75) is 0 Å². The first-order valence-corrected chi connectivity index (χ1v) is 7.51. The fourth-order valence-corrected chi connectivity index (χ4v) is 2.47. The summed E-state index contributed by atoms with van der Waals surface area (Å²) in [6.07, 6.45) is 2.02. The Morgan fingerprint density at radius 2 is 1.42 bits per heavy atom. The average molecular weight is 316 g/mol. The standard InChI is InChI=1S/C20H16N2O2/c21-18-10-8-17(9-11-18)20(16-4-2-1-3-5-16)14-15-6-12-19(13-7-15)22(23)24/h1-14H,21H2. The Morgan fingerprint density at radius 1 is 0.833 bits per heavy atom. The minimum absolute atomic E-state index is 0.0842. The van der Waals surface area contributed by atoms with Gasteiger partial charge in [0, 0.05) is 17.8 Å². The normalized spacial score (nSPS) is 11.2. The third kappa shape index (κ3) is 3.50. The molecule has 24 heavy (non-hydrogen) atoms. The molecular formula is C20H16N2O2. The zero-order valence-corrected chi connectivity index (χ0v) is 12.9. The van der Waals surface area contributed by atoms with E-state index in [1.165, 1.54) is 12.1 Å². The van der Waals surface area contributed by atoms with Gasteiger partial charge in [-0.2, -0.15) is 0 Å². The largest absolute Gasteiger partial charge is 0.399 e. The molecule has 118 valence electrons. The highest BCUT2D eigenvalue weighted by Crippen LogP contribution is 2.27. The number of nitro benzene ring substituents is 1. The van der Waals surface area contributed by atoms with Gasteiger partial charge in [-0.15, -0.1) is 0 Å². The van der Waals surface area contributed by atoms with Crippen molar-refractivity contribution in [3.63, 3.8) is 0 Å². The average Bonchev–Trinajstić information content (AvgIpc) is 2.62. The Hall–Kier alpha value is -3.40. The Morgan fingerprint density at radius 3 is 2.00 bits per heavy atom. The molecule has 0 saturated carbocycles. The Labute approximate surface area is 140 Å². The number of nitrogens with two attached hydrogens (primary N) is 1. The molecule has 0 atom stereocenters. The van der Waals surface area contributed by atoms with Gasteiger partial charge in [-0.3, -0.25) is 10.1 Å². The molecular weight excluding hydrogens is 300 g/mol. The van der Waals surface area contributed by atoms with Crippen molar-refractivity contribution in [1.29, 1.82) is 0 Å². The van der Waals surface area contributed by atoms with Crippen LogP contribution < -0.4 is 5.73 Å². The third-order valence-electron chi connectivity index (χ3n) is 3.72. The maximum absolute atomic E-state index is 10.8. The number of nitrogens with zero attached hydrogens (tertiary/aromatic N) is 1. The molecule has 3 rings (SSSR count). The zero-order valence-electron chi connectivity index (χ0n) is 12.9. The number of nitro groups is 1. The van der Waals surface area contributed by atoms with Crippen LogP contribution in [0.15, 0.2) is 78.9 Å². The molecule has 0 aliphatic heterocycles. The molecule has 0 amide bonds. The van der Waals surface area contributed by atoms with E-state index in [9.17, 15) is 10.1 Å². The zero-order chi connectivity index (χ0) is 16.9. The van der Waals surface area contributed by atoms with E-state index in [0.717, 1.165) is 22.3 Å². The first kappa shape index (κ1) is 15.5. The molecule has 0 bridgehead atoms. The summed E-state index contributed by atoms with van der Waals surface area (Å²) in [6, 6.07) is 24.2. The van der Waals surface area contributed by atoms with Gasteiger partial charge in [0.15, 0.2) is 0 Å². The van der Waals surface area contributed by atoms with Gasteiger partial charge in [0.1, 0.15) is 0 Å². The van der Waals surface area contributed by atoms with Gasteiger partial charge in [-0.25, -0.2) is 0 Å². The van der Waals surface area contributed by atoms with Crippen molar-refractivity contribution in [3.05, 3.63) is 106 Å². The predicted octanol–water partition coefficient (Wildman–Crippen LogP) is 4.77. The van der Waals surface area contributed by atoms with Crippen LogP contribution in [0.1, 0.15) is 16.7 Å². The van der Waals surface area contributed by atoms with E-state index >= 15 is 0 Å². The van der Waals surface area contributed by atoms with Gasteiger partial charge in [-0.1, -0.05) is 42.5 Å². The summed E-state index contributed by atoms with van der Waals surface area (Å²) in [7, 11) is 0. The smallest absolute Gasteiger partial charge is 0.269 e. The lowest BCUT2D eigenvalue weighted by Crippen LogP contribution is -1.91. The van der Waals surface area contributed by atoms with E-state index in [4.69, 9.17) is 5.73 Å². The molecule has 3 aromatic rings. The van der Waals surface area contributed by atoms with E-state index in [0.29, 0.717) is 5.69 Å². The maximum Gasteiger partial charge on any atom is 0.269 e. The number of benzene rings is 3. The lowest BCUT2D eigenvalue weighted by Gasteiger charge is -2.09. The fourth-order valence-electron chi connectivity index (χ4n) is 2.47. The number of hydrogen-bond acceptors (Lipinski definition) is 3. The minimum atomic E-state index is -0.397.